The first-order valence-electron chi connectivity index (χ1n) is 24.3. The Balaban J connectivity index is 0.000000277. The minimum atomic E-state index is -1.32. The molecule has 0 aliphatic rings. The van der Waals surface area contributed by atoms with Gasteiger partial charge in [0.1, 0.15) is 23.6 Å². The van der Waals surface area contributed by atoms with E-state index in [0.717, 1.165) is 59.4 Å². The van der Waals surface area contributed by atoms with Crippen molar-refractivity contribution in [1.29, 1.82) is 0 Å². The lowest BCUT2D eigenvalue weighted by molar-refractivity contribution is -0.142. The van der Waals surface area contributed by atoms with Gasteiger partial charge in [0.05, 0.1) is 50.8 Å². The topological polar surface area (TPSA) is 296 Å². The normalized spacial score (nSPS) is 11.5. The van der Waals surface area contributed by atoms with Gasteiger partial charge in [-0.1, -0.05) is 38.1 Å². The van der Waals surface area contributed by atoms with Crippen molar-refractivity contribution in [2.24, 2.45) is 0 Å². The number of carboxylic acids is 1. The van der Waals surface area contributed by atoms with Crippen LogP contribution in [0.15, 0.2) is 72.8 Å². The number of aryl methyl sites for hydroxylation is 8. The highest BCUT2D eigenvalue weighted by Gasteiger charge is 2.27. The highest BCUT2D eigenvalue weighted by atomic mass is 32.1. The number of aromatic nitrogens is 4. The largest absolute Gasteiger partial charge is 0.508 e. The number of aromatic hydroxyl groups is 2. The van der Waals surface area contributed by atoms with Gasteiger partial charge in [-0.05, 0) is 126 Å². The number of hydrogen-bond acceptors (Lipinski definition) is 17. The Bertz CT molecular complexity index is 2910. The van der Waals surface area contributed by atoms with Crippen LogP contribution in [0.2, 0.25) is 0 Å². The molecular formula is C53H64N10O10S2. The molecule has 0 aliphatic carbocycles. The Morgan fingerprint density at radius 2 is 0.973 bits per heavy atom. The molecule has 0 saturated carbocycles. The maximum Gasteiger partial charge on any atom is 0.330 e. The lowest BCUT2D eigenvalue weighted by Crippen LogP contribution is -2.49. The predicted molar refractivity (Wildman–Crippen MR) is 287 cm³/mol. The molecule has 20 nitrogen and oxygen atoms in total. The summed E-state index contributed by atoms with van der Waals surface area (Å²) in [4.78, 5) is 95.6. The van der Waals surface area contributed by atoms with Crippen molar-refractivity contribution in [2.75, 3.05) is 43.9 Å². The molecule has 0 radical (unpaired) electrons. The average Bonchev–Trinajstić information content (AvgIpc) is 4.07. The zero-order valence-corrected chi connectivity index (χ0v) is 44.6. The molecule has 4 aromatic heterocycles. The fourth-order valence-corrected chi connectivity index (χ4v) is 9.33. The molecule has 6 rings (SSSR count). The number of hydrogen-bond donors (Lipinski definition) is 9. The minimum absolute atomic E-state index is 0.131. The van der Waals surface area contributed by atoms with Gasteiger partial charge in [0.15, 0.2) is 0 Å². The molecular weight excluding hydrogens is 1000 g/mol. The van der Waals surface area contributed by atoms with E-state index >= 15 is 0 Å². The number of amides is 4. The number of nitrogens with one attached hydrogen (secondary N) is 6. The third-order valence-electron chi connectivity index (χ3n) is 11.5. The van der Waals surface area contributed by atoms with Gasteiger partial charge in [-0.15, -0.1) is 22.7 Å². The van der Waals surface area contributed by atoms with Crippen LogP contribution in [0.3, 0.4) is 0 Å². The van der Waals surface area contributed by atoms with Crippen molar-refractivity contribution in [3.63, 3.8) is 0 Å². The zero-order valence-electron chi connectivity index (χ0n) is 43.0. The van der Waals surface area contributed by atoms with Crippen LogP contribution in [0.25, 0.3) is 0 Å². The SMILES string of the molecule is CCc1ccc(C(=O)NC[C@H](NC(=O)c2c(C)nc(NCCCc3cccc(O)c3)nc2C)C(=O)O)s1.CCc1ccc(C(=O)NC[C@H](NC(=O)c2c(C)nc(NCCCc3cccc(O)c3)nc2C)C(=O)OC)s1. The number of carbonyl (C=O) groups is 6. The second-order valence-corrected chi connectivity index (χ2v) is 19.5. The van der Waals surface area contributed by atoms with E-state index in [0.29, 0.717) is 57.5 Å². The summed E-state index contributed by atoms with van der Waals surface area (Å²) in [7, 11) is 1.22. The van der Waals surface area contributed by atoms with Gasteiger partial charge in [0, 0.05) is 35.9 Å². The van der Waals surface area contributed by atoms with Crippen LogP contribution in [-0.2, 0) is 40.0 Å². The number of methoxy groups -OCH3 is 1. The van der Waals surface area contributed by atoms with E-state index < -0.39 is 35.8 Å². The van der Waals surface area contributed by atoms with Gasteiger partial charge in [-0.25, -0.2) is 29.5 Å². The molecule has 0 saturated heterocycles. The quantitative estimate of drug-likeness (QED) is 0.0239. The Hall–Kier alpha value is -7.98. The number of nitrogens with zero attached hydrogens (tertiary/aromatic N) is 4. The Labute approximate surface area is 443 Å². The summed E-state index contributed by atoms with van der Waals surface area (Å²) in [6.07, 6.45) is 4.75. The molecule has 4 amide bonds. The Morgan fingerprint density at radius 1 is 0.573 bits per heavy atom. The van der Waals surface area contributed by atoms with Crippen molar-refractivity contribution in [1.82, 2.24) is 41.2 Å². The van der Waals surface area contributed by atoms with Crippen LogP contribution in [0.5, 0.6) is 11.5 Å². The summed E-state index contributed by atoms with van der Waals surface area (Å²) < 4.78 is 4.82. The van der Waals surface area contributed by atoms with Gasteiger partial charge in [-0.3, -0.25) is 19.2 Å². The zero-order chi connectivity index (χ0) is 54.6. The highest BCUT2D eigenvalue weighted by molar-refractivity contribution is 7.14. The standard InChI is InChI=1S/C27H33N5O5S.C26H31N5O5S/c1-5-20-11-12-22(38-20)24(34)29-15-21(26(36)37-4)32-25(35)23-16(2)30-27(31-17(23)3)28-13-7-9-18-8-6-10-19(33)14-18;1-4-19-10-11-21(37-19)23(33)28-14-20(25(35)36)31-24(34)22-15(2)29-26(30-16(22)3)27-12-6-8-17-7-5-9-18(32)13-17/h6,8,10-12,14,21,33H,5,7,9,13,15H2,1-4H3,(H,29,34)(H,32,35)(H,28,30,31);5,7,9-11,13,20,32H,4,6,8,12,14H2,1-3H3,(H,28,33)(H,31,34)(H,35,36)(H,27,29,30)/t21-;20-/m00/s1. The number of phenols is 2. The van der Waals surface area contributed by atoms with Crippen molar-refractivity contribution in [2.45, 2.75) is 92.2 Å². The molecule has 398 valence electrons. The number of phenolic OH excluding ortho intramolecular Hbond substituents is 2. The fourth-order valence-electron chi connectivity index (χ4n) is 7.60. The molecule has 4 heterocycles. The number of thiophene rings is 2. The first-order chi connectivity index (χ1) is 35.9. The number of ether oxygens (including phenoxy) is 1. The average molecular weight is 1070 g/mol. The molecule has 0 fully saturated rings. The molecule has 9 N–H and O–H groups in total. The molecule has 2 atom stereocenters. The van der Waals surface area contributed by atoms with Crippen molar-refractivity contribution >= 4 is 70.1 Å². The van der Waals surface area contributed by atoms with E-state index in [2.05, 4.69) is 51.8 Å². The van der Waals surface area contributed by atoms with E-state index in [9.17, 15) is 44.1 Å². The number of esters is 1. The van der Waals surface area contributed by atoms with Crippen LogP contribution in [-0.4, -0.2) is 116 Å². The van der Waals surface area contributed by atoms with Crippen LogP contribution >= 0.6 is 22.7 Å². The predicted octanol–water partition coefficient (Wildman–Crippen LogP) is 6.25. The number of rotatable bonds is 24. The van der Waals surface area contributed by atoms with E-state index in [1.807, 2.05) is 44.2 Å². The molecule has 75 heavy (non-hydrogen) atoms. The summed E-state index contributed by atoms with van der Waals surface area (Å²) >= 11 is 2.72. The van der Waals surface area contributed by atoms with E-state index in [-0.39, 0.29) is 47.5 Å². The lowest BCUT2D eigenvalue weighted by Gasteiger charge is -2.18. The summed E-state index contributed by atoms with van der Waals surface area (Å²) in [5, 5.41) is 45.4. The molecule has 0 aliphatic heterocycles. The van der Waals surface area contributed by atoms with E-state index in [1.165, 1.54) is 29.8 Å². The summed E-state index contributed by atoms with van der Waals surface area (Å²) in [5.41, 5.74) is 4.19. The lowest BCUT2D eigenvalue weighted by atomic mass is 10.1. The number of carboxylic acid groups (broad SMARTS) is 1. The van der Waals surface area contributed by atoms with Crippen LogP contribution in [0.1, 0.15) is 110 Å². The Morgan fingerprint density at radius 3 is 1.33 bits per heavy atom. The molecule has 0 spiro atoms. The van der Waals surface area contributed by atoms with Crippen molar-refractivity contribution in [3.05, 3.63) is 137 Å². The first-order valence-corrected chi connectivity index (χ1v) is 25.9. The smallest absolute Gasteiger partial charge is 0.330 e. The number of carbonyl (C=O) groups excluding carboxylic acids is 5. The fraction of sp³-hybridized carbons (Fsp3) is 0.358. The highest BCUT2D eigenvalue weighted by Crippen LogP contribution is 2.20. The summed E-state index contributed by atoms with van der Waals surface area (Å²) in [6, 6.07) is 19.0. The number of benzene rings is 2. The molecule has 0 bridgehead atoms. The van der Waals surface area contributed by atoms with Crippen molar-refractivity contribution < 1.29 is 48.8 Å². The third kappa shape index (κ3) is 17.6. The third-order valence-corrected chi connectivity index (χ3v) is 13.9. The molecule has 2 aromatic carbocycles. The molecule has 0 unspecified atom stereocenters. The van der Waals surface area contributed by atoms with E-state index in [4.69, 9.17) is 4.74 Å². The van der Waals surface area contributed by atoms with E-state index in [1.54, 1.807) is 70.2 Å². The second-order valence-electron chi connectivity index (χ2n) is 17.2. The number of aliphatic carboxylic acids is 1. The van der Waals surface area contributed by atoms with Gasteiger partial charge < -0.3 is 52.0 Å². The summed E-state index contributed by atoms with van der Waals surface area (Å²) in [6.45, 7) is 11.5. The van der Waals surface area contributed by atoms with Crippen LogP contribution in [0, 0.1) is 27.7 Å². The maximum atomic E-state index is 13.1. The van der Waals surface area contributed by atoms with Gasteiger partial charge in [-0.2, -0.15) is 0 Å². The summed E-state index contributed by atoms with van der Waals surface area (Å²) in [5.74, 6) is -2.60. The Kier molecular flexibility index (Phi) is 22.0. The number of anilines is 2. The van der Waals surface area contributed by atoms with Crippen LogP contribution < -0.4 is 31.9 Å². The maximum absolute atomic E-state index is 13.1. The van der Waals surface area contributed by atoms with Crippen LogP contribution in [0.4, 0.5) is 11.9 Å². The molecule has 22 heteroatoms. The molecule has 6 aromatic rings. The first kappa shape index (κ1) is 57.9. The van der Waals surface area contributed by atoms with Gasteiger partial charge in [0.25, 0.3) is 23.6 Å². The van der Waals surface area contributed by atoms with Gasteiger partial charge >= 0.3 is 11.9 Å². The monoisotopic (exact) mass is 1060 g/mol. The van der Waals surface area contributed by atoms with Gasteiger partial charge in [0.2, 0.25) is 11.9 Å². The second kappa shape index (κ2) is 28.5. The minimum Gasteiger partial charge on any atom is -0.508 e. The van der Waals surface area contributed by atoms with Crippen molar-refractivity contribution in [3.8, 4) is 11.5 Å².